The third-order valence-corrected chi connectivity index (χ3v) is 6.86. The first kappa shape index (κ1) is 19.6. The summed E-state index contributed by atoms with van der Waals surface area (Å²) >= 11 is 0. The Morgan fingerprint density at radius 1 is 1.11 bits per heavy atom. The summed E-state index contributed by atoms with van der Waals surface area (Å²) in [6, 6.07) is 16.6. The fourth-order valence-corrected chi connectivity index (χ4v) is 4.36. The van der Waals surface area contributed by atoms with E-state index in [1.165, 1.54) is 11.4 Å². The third-order valence-electron chi connectivity index (χ3n) is 4.99. The van der Waals surface area contributed by atoms with Crippen molar-refractivity contribution < 1.29 is 13.2 Å². The maximum Gasteiger partial charge on any atom is 0.242 e. The zero-order valence-electron chi connectivity index (χ0n) is 15.8. The molecule has 6 heteroatoms. The van der Waals surface area contributed by atoms with E-state index in [4.69, 9.17) is 0 Å². The number of sulfonamides is 1. The number of hydrogen-bond donors (Lipinski definition) is 1. The van der Waals surface area contributed by atoms with Gasteiger partial charge in [0.2, 0.25) is 15.9 Å². The lowest BCUT2D eigenvalue weighted by Crippen LogP contribution is -2.38. The largest absolute Gasteiger partial charge is 0.354 e. The molecule has 0 aliphatic heterocycles. The first-order valence-electron chi connectivity index (χ1n) is 9.25. The number of rotatable bonds is 8. The summed E-state index contributed by atoms with van der Waals surface area (Å²) in [5.41, 5.74) is 2.04. The van der Waals surface area contributed by atoms with Crippen LogP contribution in [-0.2, 0) is 14.8 Å². The van der Waals surface area contributed by atoms with Gasteiger partial charge in [-0.25, -0.2) is 8.42 Å². The maximum absolute atomic E-state index is 12.7. The van der Waals surface area contributed by atoms with Gasteiger partial charge in [0, 0.05) is 20.1 Å². The minimum Gasteiger partial charge on any atom is -0.354 e. The number of hydrogen-bond acceptors (Lipinski definition) is 3. The van der Waals surface area contributed by atoms with Crippen LogP contribution in [-0.4, -0.2) is 38.8 Å². The molecule has 1 atom stereocenters. The highest BCUT2D eigenvalue weighted by Gasteiger charge is 2.37. The van der Waals surface area contributed by atoms with Gasteiger partial charge < -0.3 is 5.32 Å². The van der Waals surface area contributed by atoms with Crippen LogP contribution in [0.3, 0.4) is 0 Å². The quantitative estimate of drug-likeness (QED) is 0.759. The van der Waals surface area contributed by atoms with Gasteiger partial charge in [0.15, 0.2) is 0 Å². The number of carbonyl (C=O) groups excluding carboxylic acids is 1. The molecule has 0 spiro atoms. The number of aryl methyl sites for hydroxylation is 1. The monoisotopic (exact) mass is 386 g/mol. The van der Waals surface area contributed by atoms with E-state index in [1.807, 2.05) is 37.3 Å². The number of benzene rings is 2. The molecule has 3 rings (SSSR count). The van der Waals surface area contributed by atoms with E-state index in [2.05, 4.69) is 5.32 Å². The highest BCUT2D eigenvalue weighted by atomic mass is 32.2. The summed E-state index contributed by atoms with van der Waals surface area (Å²) in [5.74, 6) is 0.219. The second-order valence-corrected chi connectivity index (χ2v) is 9.20. The summed E-state index contributed by atoms with van der Waals surface area (Å²) in [5, 5.41) is 2.92. The molecule has 1 aliphatic rings. The molecule has 0 heterocycles. The Morgan fingerprint density at radius 2 is 1.74 bits per heavy atom. The first-order valence-corrected chi connectivity index (χ1v) is 10.7. The van der Waals surface area contributed by atoms with Crippen LogP contribution in [0.5, 0.6) is 0 Å². The molecule has 27 heavy (non-hydrogen) atoms. The van der Waals surface area contributed by atoms with E-state index < -0.39 is 10.0 Å². The zero-order chi connectivity index (χ0) is 19.4. The Labute approximate surface area is 161 Å². The number of nitrogens with zero attached hydrogens (tertiary/aromatic N) is 1. The summed E-state index contributed by atoms with van der Waals surface area (Å²) in [6.07, 6.45) is 2.13. The minimum absolute atomic E-state index is 0.0233. The van der Waals surface area contributed by atoms with Crippen molar-refractivity contribution in [1.29, 1.82) is 0 Å². The summed E-state index contributed by atoms with van der Waals surface area (Å²) < 4.78 is 26.5. The van der Waals surface area contributed by atoms with Gasteiger partial charge in [-0.1, -0.05) is 48.0 Å². The van der Waals surface area contributed by atoms with E-state index in [1.54, 1.807) is 24.3 Å². The zero-order valence-corrected chi connectivity index (χ0v) is 16.6. The van der Waals surface area contributed by atoms with Crippen molar-refractivity contribution in [3.63, 3.8) is 0 Å². The van der Waals surface area contributed by atoms with E-state index >= 15 is 0 Å². The molecule has 0 bridgehead atoms. The fraction of sp³-hybridized carbons (Fsp3) is 0.381. The molecule has 0 saturated heterocycles. The predicted molar refractivity (Wildman–Crippen MR) is 106 cm³/mol. The molecule has 1 saturated carbocycles. The average Bonchev–Trinajstić information content (AvgIpc) is 3.48. The molecule has 144 valence electrons. The van der Waals surface area contributed by atoms with Crippen LogP contribution in [0.2, 0.25) is 0 Å². The fourth-order valence-electron chi connectivity index (χ4n) is 3.18. The molecular weight excluding hydrogens is 360 g/mol. The number of likely N-dealkylation sites (N-methyl/N-ethyl adjacent to an activating group) is 1. The summed E-state index contributed by atoms with van der Waals surface area (Å²) in [7, 11) is -2.01. The van der Waals surface area contributed by atoms with Crippen molar-refractivity contribution >= 4 is 15.9 Å². The van der Waals surface area contributed by atoms with Crippen molar-refractivity contribution in [2.24, 2.45) is 5.92 Å². The lowest BCUT2D eigenvalue weighted by atomic mass is 9.93. The topological polar surface area (TPSA) is 66.5 Å². The second kappa shape index (κ2) is 8.23. The standard InChI is InChI=1S/C21H26N2O3S/c1-16-8-12-19(13-9-16)27(25,26)23(2)15-14-22-21(24)20(18-10-11-18)17-6-4-3-5-7-17/h3-9,12-13,18,20H,10-11,14-15H2,1-2H3,(H,22,24). The van der Waals surface area contributed by atoms with Gasteiger partial charge in [0.1, 0.15) is 0 Å². The normalized spacial score (nSPS) is 15.5. The van der Waals surface area contributed by atoms with E-state index in [-0.39, 0.29) is 29.8 Å². The molecule has 1 fully saturated rings. The highest BCUT2D eigenvalue weighted by molar-refractivity contribution is 7.89. The number of nitrogens with one attached hydrogen (secondary N) is 1. The lowest BCUT2D eigenvalue weighted by Gasteiger charge is -2.20. The summed E-state index contributed by atoms with van der Waals surface area (Å²) in [4.78, 5) is 13.0. The Kier molecular flexibility index (Phi) is 5.97. The van der Waals surface area contributed by atoms with E-state index in [9.17, 15) is 13.2 Å². The van der Waals surface area contributed by atoms with Crippen LogP contribution < -0.4 is 5.32 Å². The van der Waals surface area contributed by atoms with Gasteiger partial charge in [-0.05, 0) is 43.4 Å². The van der Waals surface area contributed by atoms with Crippen molar-refractivity contribution in [1.82, 2.24) is 9.62 Å². The van der Waals surface area contributed by atoms with Gasteiger partial charge in [-0.3, -0.25) is 4.79 Å². The van der Waals surface area contributed by atoms with Crippen LogP contribution in [0.15, 0.2) is 59.5 Å². The molecule has 1 aliphatic carbocycles. The highest BCUT2D eigenvalue weighted by Crippen LogP contribution is 2.42. The smallest absolute Gasteiger partial charge is 0.242 e. The molecule has 1 amide bonds. The predicted octanol–water partition coefficient (Wildman–Crippen LogP) is 2.93. The van der Waals surface area contributed by atoms with Crippen LogP contribution >= 0.6 is 0 Å². The molecular formula is C21H26N2O3S. The Hall–Kier alpha value is -2.18. The van der Waals surface area contributed by atoms with Crippen LogP contribution in [0.25, 0.3) is 0 Å². The van der Waals surface area contributed by atoms with Gasteiger partial charge in [-0.15, -0.1) is 0 Å². The molecule has 5 nitrogen and oxygen atoms in total. The number of carbonyl (C=O) groups is 1. The Balaban J connectivity index is 1.58. The third kappa shape index (κ3) is 4.76. The van der Waals surface area contributed by atoms with Crippen molar-refractivity contribution in [3.05, 3.63) is 65.7 Å². The maximum atomic E-state index is 12.7. The SMILES string of the molecule is Cc1ccc(S(=O)(=O)N(C)CCNC(=O)C(c2ccccc2)C2CC2)cc1. The van der Waals surface area contributed by atoms with Crippen LogP contribution in [0, 0.1) is 12.8 Å². The lowest BCUT2D eigenvalue weighted by molar-refractivity contribution is -0.123. The second-order valence-electron chi connectivity index (χ2n) is 7.16. The van der Waals surface area contributed by atoms with Crippen LogP contribution in [0.4, 0.5) is 0 Å². The molecule has 0 aromatic heterocycles. The van der Waals surface area contributed by atoms with E-state index in [0.717, 1.165) is 24.0 Å². The minimum atomic E-state index is -3.55. The van der Waals surface area contributed by atoms with Gasteiger partial charge >= 0.3 is 0 Å². The van der Waals surface area contributed by atoms with E-state index in [0.29, 0.717) is 5.92 Å². The Bertz CT molecular complexity index is 875. The average molecular weight is 387 g/mol. The van der Waals surface area contributed by atoms with Crippen molar-refractivity contribution in [3.8, 4) is 0 Å². The number of amides is 1. The summed E-state index contributed by atoms with van der Waals surface area (Å²) in [6.45, 7) is 2.43. The Morgan fingerprint density at radius 3 is 2.33 bits per heavy atom. The van der Waals surface area contributed by atoms with Gasteiger partial charge in [-0.2, -0.15) is 4.31 Å². The molecule has 2 aromatic rings. The van der Waals surface area contributed by atoms with Crippen LogP contribution in [0.1, 0.15) is 29.9 Å². The van der Waals surface area contributed by atoms with Crippen molar-refractivity contribution in [2.75, 3.05) is 20.1 Å². The van der Waals surface area contributed by atoms with Crippen molar-refractivity contribution in [2.45, 2.75) is 30.6 Å². The first-order chi connectivity index (χ1) is 12.9. The molecule has 1 unspecified atom stereocenters. The molecule has 1 N–H and O–H groups in total. The molecule has 0 radical (unpaired) electrons. The molecule has 2 aromatic carbocycles. The van der Waals surface area contributed by atoms with Gasteiger partial charge in [0.05, 0.1) is 10.8 Å². The van der Waals surface area contributed by atoms with Gasteiger partial charge in [0.25, 0.3) is 0 Å².